The molecule has 6 heterocycles. The van der Waals surface area contributed by atoms with Crippen molar-refractivity contribution in [3.8, 4) is 0 Å². The standard InChI is InChI=1S/C14H16N2O3S.C10H11NS.C9H9NOS.C9H9NS2.5C8H8.C4H8N4S.C4H7N3S/c1-9(2)13(18)19-7-10(17)8-20-14-15-11-5-3-4-6-12(11)16-14;1-2-12-10-7-8-5-3-4-6-9(8)11-10;1-2-12-9-10-7-5-3-4-6-8(7)11-9;1-2-11-9-10-7-5-3-4-6-8(7)12-9;5*1-2-8-6-4-3-5-7-8;1-3-9-4-5-6-7-8(4)2;1-2-8-4-5-3-6-7-4/h3-6,10,17H,1,7-8H2,2H3,(H,15,16);3-6H,2,7H2,1H3;2*3-6H,2H2,1H3;5*2-7H,1H2;3H2,1-2H3;3H,2H2,1H3,(H,5,6,7). The molecule has 1 atom stereocenters. The summed E-state index contributed by atoms with van der Waals surface area (Å²) in [6.07, 6.45) is 11.0. The van der Waals surface area contributed by atoms with Crippen molar-refractivity contribution in [3.63, 3.8) is 0 Å². The van der Waals surface area contributed by atoms with Crippen LogP contribution in [0.1, 0.15) is 74.9 Å². The van der Waals surface area contributed by atoms with Gasteiger partial charge in [0.15, 0.2) is 20.2 Å². The highest BCUT2D eigenvalue weighted by molar-refractivity contribution is 8.14. The Morgan fingerprint density at radius 3 is 1.47 bits per heavy atom. The monoisotopic (exact) mass is 1640 g/mol. The number of H-pyrrole nitrogens is 2. The number of rotatable bonds is 20. The number of aromatic nitrogens is 11. The molecule has 23 heteroatoms. The number of aliphatic hydroxyl groups is 1. The lowest BCUT2D eigenvalue weighted by atomic mass is 10.2. The molecule has 1 aliphatic heterocycles. The Balaban J connectivity index is 0.000000225. The molecule has 14 aromatic rings. The fraction of sp³-hybridized carbons (Fsp3) is 0.178. The highest BCUT2D eigenvalue weighted by atomic mass is 32.2. The maximum Gasteiger partial charge on any atom is 0.333 e. The summed E-state index contributed by atoms with van der Waals surface area (Å²) in [6, 6.07) is 82.3. The number of thioether (sulfide) groups is 6. The van der Waals surface area contributed by atoms with Crippen LogP contribution in [0, 0.1) is 0 Å². The summed E-state index contributed by atoms with van der Waals surface area (Å²) in [5.41, 5.74) is 13.5. The van der Waals surface area contributed by atoms with Crippen LogP contribution in [0.4, 0.5) is 5.69 Å². The number of tetrazole rings is 1. The Morgan fingerprint density at radius 1 is 0.549 bits per heavy atom. The van der Waals surface area contributed by atoms with Crippen LogP contribution in [0.25, 0.3) is 62.7 Å². The number of carbonyl (C=O) groups excluding carboxylic acids is 1. The summed E-state index contributed by atoms with van der Waals surface area (Å²) in [7, 11) is 1.83. The Labute approximate surface area is 696 Å². The third-order valence-electron chi connectivity index (χ3n) is 14.2. The summed E-state index contributed by atoms with van der Waals surface area (Å²) in [6.45, 7) is 33.7. The smallest absolute Gasteiger partial charge is 0.333 e. The van der Waals surface area contributed by atoms with Crippen LogP contribution < -0.4 is 0 Å². The third-order valence-corrected chi connectivity index (χ3v) is 20.5. The number of carbonyl (C=O) groups is 1. The van der Waals surface area contributed by atoms with Crippen molar-refractivity contribution in [2.45, 2.75) is 79.1 Å². The van der Waals surface area contributed by atoms with Crippen molar-refractivity contribution in [1.29, 1.82) is 0 Å². The number of aromatic amines is 2. The number of hydrogen-bond acceptors (Lipinski definition) is 20. The first-order chi connectivity index (χ1) is 55.2. The zero-order valence-corrected chi connectivity index (χ0v) is 70.8. The van der Waals surface area contributed by atoms with E-state index in [1.54, 1.807) is 58.2 Å². The number of ether oxygens (including phenoxy) is 1. The van der Waals surface area contributed by atoms with Crippen molar-refractivity contribution < 1.29 is 19.1 Å². The molecule has 0 saturated heterocycles. The topological polar surface area (TPSA) is 212 Å². The molecule has 0 spiro atoms. The second kappa shape index (κ2) is 57.7. The van der Waals surface area contributed by atoms with Crippen molar-refractivity contribution in [3.05, 3.63) is 333 Å². The SMILES string of the molecule is C=C(C)C(=O)OCC(O)CSc1nc2ccccc2[nH]1.C=Cc1ccccc1.C=Cc1ccccc1.C=Cc1ccccc1.C=Cc1ccccc1.C=Cc1ccccc1.CCSC1=Nc2ccccc2C1.CCSc1nc2ccccc2o1.CCSc1nc2ccccc2s1.CCSc1ncn[nH]1.CCSc1nnnn1C. The van der Waals surface area contributed by atoms with E-state index in [1.807, 2.05) is 273 Å². The van der Waals surface area contributed by atoms with Crippen LogP contribution in [-0.4, -0.2) is 119 Å². The summed E-state index contributed by atoms with van der Waals surface area (Å²) < 4.78 is 14.5. The van der Waals surface area contributed by atoms with Crippen molar-refractivity contribution in [1.82, 2.24) is 55.3 Å². The Hall–Kier alpha value is -10.3. The second-order valence-electron chi connectivity index (χ2n) is 22.7. The fourth-order valence-electron chi connectivity index (χ4n) is 8.76. The Bertz CT molecular complexity index is 4540. The third kappa shape index (κ3) is 38.6. The minimum Gasteiger partial charge on any atom is -0.460 e. The molecule has 0 aliphatic carbocycles. The normalized spacial score (nSPS) is 10.5. The summed E-state index contributed by atoms with van der Waals surface area (Å²) in [5, 5.41) is 31.6. The molecule has 0 bridgehead atoms. The second-order valence-corrected chi connectivity index (χ2v) is 31.3. The van der Waals surface area contributed by atoms with Gasteiger partial charge in [-0.25, -0.2) is 34.4 Å². The molecule has 0 saturated carbocycles. The van der Waals surface area contributed by atoms with E-state index in [4.69, 9.17) is 9.15 Å². The average molecular weight is 1640 g/mol. The molecular formula is C90H100N12O4S7. The number of hydrogen-bond donors (Lipinski definition) is 3. The van der Waals surface area contributed by atoms with Gasteiger partial charge >= 0.3 is 5.97 Å². The van der Waals surface area contributed by atoms with E-state index in [0.29, 0.717) is 11.3 Å². The minimum atomic E-state index is -0.739. The van der Waals surface area contributed by atoms with E-state index in [9.17, 15) is 9.90 Å². The predicted octanol–water partition coefficient (Wildman–Crippen LogP) is 24.4. The first-order valence-electron chi connectivity index (χ1n) is 36.2. The molecule has 15 rings (SSSR count). The molecular weight excluding hydrogens is 1540 g/mol. The highest BCUT2D eigenvalue weighted by Crippen LogP contribution is 2.31. The molecule has 1 aliphatic rings. The first-order valence-corrected chi connectivity index (χ1v) is 43.0. The zero-order valence-electron chi connectivity index (χ0n) is 65.1. The van der Waals surface area contributed by atoms with E-state index in [0.717, 1.165) is 89.2 Å². The van der Waals surface area contributed by atoms with Gasteiger partial charge in [0.05, 0.1) is 38.1 Å². The van der Waals surface area contributed by atoms with E-state index in [2.05, 4.69) is 166 Å². The number of esters is 1. The van der Waals surface area contributed by atoms with Gasteiger partial charge in [0.2, 0.25) is 5.16 Å². The van der Waals surface area contributed by atoms with E-state index in [-0.39, 0.29) is 6.61 Å². The largest absolute Gasteiger partial charge is 0.460 e. The first kappa shape index (κ1) is 93.3. The number of para-hydroxylation sites is 6. The van der Waals surface area contributed by atoms with E-state index >= 15 is 0 Å². The highest BCUT2D eigenvalue weighted by Gasteiger charge is 2.14. The van der Waals surface area contributed by atoms with Crippen molar-refractivity contribution >= 4 is 161 Å². The van der Waals surface area contributed by atoms with Crippen LogP contribution in [0.15, 0.2) is 335 Å². The molecule has 0 amide bonds. The van der Waals surface area contributed by atoms with Gasteiger partial charge in [0, 0.05) is 24.8 Å². The summed E-state index contributed by atoms with van der Waals surface area (Å²) >= 11 is 11.7. The molecule has 9 aromatic carbocycles. The number of fused-ring (bicyclic) bond motifs is 4. The summed E-state index contributed by atoms with van der Waals surface area (Å²) in [4.78, 5) is 35.9. The van der Waals surface area contributed by atoms with Crippen molar-refractivity contribution in [2.75, 3.05) is 41.1 Å². The quantitative estimate of drug-likeness (QED) is 0.0368. The lowest BCUT2D eigenvalue weighted by Gasteiger charge is -2.09. The lowest BCUT2D eigenvalue weighted by molar-refractivity contribution is -0.141. The molecule has 0 fully saturated rings. The number of imidazole rings is 1. The van der Waals surface area contributed by atoms with Gasteiger partial charge in [0.1, 0.15) is 18.5 Å². The van der Waals surface area contributed by atoms with Crippen LogP contribution in [-0.2, 0) is 23.0 Å². The zero-order chi connectivity index (χ0) is 81.3. The molecule has 5 aromatic heterocycles. The molecule has 3 N–H and O–H groups in total. The fourth-order valence-corrected chi connectivity index (χ4v) is 13.9. The van der Waals surface area contributed by atoms with Gasteiger partial charge in [0.25, 0.3) is 5.22 Å². The van der Waals surface area contributed by atoms with Crippen LogP contribution in [0.5, 0.6) is 0 Å². The van der Waals surface area contributed by atoms with Crippen LogP contribution in [0.2, 0.25) is 0 Å². The predicted molar refractivity (Wildman–Crippen MR) is 491 cm³/mol. The van der Waals surface area contributed by atoms with Gasteiger partial charge < -0.3 is 19.2 Å². The maximum absolute atomic E-state index is 11.2. The van der Waals surface area contributed by atoms with Gasteiger partial charge in [-0.15, -0.1) is 28.2 Å². The number of thiazole rings is 1. The number of aryl methyl sites for hydroxylation is 1. The van der Waals surface area contributed by atoms with Crippen molar-refractivity contribution in [2.24, 2.45) is 12.0 Å². The summed E-state index contributed by atoms with van der Waals surface area (Å²) in [5.74, 6) is 5.16. The lowest BCUT2D eigenvalue weighted by Crippen LogP contribution is -2.21. The Kier molecular flexibility index (Phi) is 47.6. The molecule has 586 valence electrons. The Morgan fingerprint density at radius 2 is 1.03 bits per heavy atom. The average Bonchev–Trinajstić information content (AvgIpc) is 1.73. The van der Waals surface area contributed by atoms with E-state index < -0.39 is 12.1 Å². The maximum atomic E-state index is 11.2. The number of aliphatic hydroxyl groups excluding tert-OH is 1. The van der Waals surface area contributed by atoms with E-state index in [1.165, 1.54) is 65.6 Å². The van der Waals surface area contributed by atoms with Crippen LogP contribution >= 0.6 is 81.9 Å². The van der Waals surface area contributed by atoms with Gasteiger partial charge in [-0.3, -0.25) is 5.10 Å². The molecule has 16 nitrogen and oxygen atoms in total. The number of oxazole rings is 1. The van der Waals surface area contributed by atoms with Gasteiger partial charge in [-0.1, -0.05) is 370 Å². The molecule has 1 unspecified atom stereocenters. The van der Waals surface area contributed by atoms with Crippen LogP contribution in [0.3, 0.4) is 0 Å². The van der Waals surface area contributed by atoms with Gasteiger partial charge in [-0.05, 0) is 122 Å². The number of nitrogens with zero attached hydrogens (tertiary/aromatic N) is 10. The molecule has 113 heavy (non-hydrogen) atoms. The number of nitrogens with one attached hydrogen (secondary N) is 2. The minimum absolute atomic E-state index is 0.0427. The number of benzene rings is 9. The van der Waals surface area contributed by atoms with Gasteiger partial charge in [-0.2, -0.15) is 5.10 Å². The molecule has 0 radical (unpaired) electrons. The number of aliphatic imine (C=N–C) groups is 1.